The van der Waals surface area contributed by atoms with E-state index in [4.69, 9.17) is 23.2 Å². The van der Waals surface area contributed by atoms with E-state index in [1.165, 1.54) is 0 Å². The normalized spacial score (nSPS) is 10.7. The molecule has 0 radical (unpaired) electrons. The predicted molar refractivity (Wildman–Crippen MR) is 99.9 cm³/mol. The zero-order valence-corrected chi connectivity index (χ0v) is 14.5. The molecule has 0 amide bonds. The van der Waals surface area contributed by atoms with E-state index in [1.807, 2.05) is 60.7 Å². The topological polar surface area (TPSA) is 17.1 Å². The molecule has 0 aliphatic carbocycles. The molecule has 0 fully saturated rings. The summed E-state index contributed by atoms with van der Waals surface area (Å²) in [6, 6.07) is 24.7. The maximum absolute atomic E-state index is 13.1. The zero-order valence-electron chi connectivity index (χ0n) is 12.1. The van der Waals surface area contributed by atoms with Crippen molar-refractivity contribution in [1.29, 1.82) is 0 Å². The molecule has 0 atom stereocenters. The van der Waals surface area contributed by atoms with Crippen molar-refractivity contribution in [3.63, 3.8) is 0 Å². The van der Waals surface area contributed by atoms with Crippen LogP contribution in [0.25, 0.3) is 0 Å². The Morgan fingerprint density at radius 2 is 1.22 bits per heavy atom. The first-order chi connectivity index (χ1) is 11.2. The maximum atomic E-state index is 13.1. The largest absolute Gasteiger partial charge is 0.288 e. The van der Waals surface area contributed by atoms with Gasteiger partial charge in [0.15, 0.2) is 5.52 Å². The van der Waals surface area contributed by atoms with Crippen molar-refractivity contribution in [2.75, 3.05) is 0 Å². The highest BCUT2D eigenvalue weighted by Gasteiger charge is 2.24. The predicted octanol–water partition coefficient (Wildman–Crippen LogP) is 5.27. The number of rotatable bonds is 4. The summed E-state index contributed by atoms with van der Waals surface area (Å²) in [4.78, 5) is 13.1. The molecule has 0 aliphatic rings. The van der Waals surface area contributed by atoms with Gasteiger partial charge >= 0.3 is 0 Å². The van der Waals surface area contributed by atoms with Crippen molar-refractivity contribution in [3.8, 4) is 0 Å². The van der Waals surface area contributed by atoms with Crippen molar-refractivity contribution in [1.82, 2.24) is 0 Å². The monoisotopic (exact) mass is 358 g/mol. The van der Waals surface area contributed by atoms with Crippen LogP contribution < -0.4 is 10.6 Å². The van der Waals surface area contributed by atoms with E-state index in [-0.39, 0.29) is 5.52 Å². The van der Waals surface area contributed by atoms with Crippen LogP contribution in [0.1, 0.15) is 10.4 Å². The summed E-state index contributed by atoms with van der Waals surface area (Å²) in [6.45, 7) is 0. The summed E-state index contributed by atoms with van der Waals surface area (Å²) < 4.78 is 0. The fraction of sp³-hybridized carbons (Fsp3) is 0. The smallest absolute Gasteiger partial charge is 0.193 e. The number of benzene rings is 3. The van der Waals surface area contributed by atoms with E-state index >= 15 is 0 Å². The number of hydrogen-bond acceptors (Lipinski definition) is 1. The van der Waals surface area contributed by atoms with Crippen LogP contribution in [0.2, 0.25) is 10.0 Å². The van der Waals surface area contributed by atoms with Crippen molar-refractivity contribution >= 4 is 47.3 Å². The fourth-order valence-electron chi connectivity index (χ4n) is 2.30. The summed E-state index contributed by atoms with van der Waals surface area (Å²) in [5.41, 5.74) is 0.647. The van der Waals surface area contributed by atoms with Gasteiger partial charge < -0.3 is 0 Å². The third kappa shape index (κ3) is 3.64. The molecule has 3 aromatic carbocycles. The molecule has 0 aromatic heterocycles. The van der Waals surface area contributed by atoms with Gasteiger partial charge in [0.05, 0.1) is 10.0 Å². The van der Waals surface area contributed by atoms with Crippen molar-refractivity contribution < 1.29 is 4.79 Å². The molecule has 3 aromatic rings. The highest BCUT2D eigenvalue weighted by Crippen LogP contribution is 2.38. The molecule has 0 saturated carbocycles. The molecular weight excluding hydrogens is 346 g/mol. The lowest BCUT2D eigenvalue weighted by Crippen LogP contribution is -2.18. The quantitative estimate of drug-likeness (QED) is 0.581. The Labute approximate surface area is 146 Å². The van der Waals surface area contributed by atoms with Gasteiger partial charge in [0.25, 0.3) is 0 Å². The Kier molecular flexibility index (Phi) is 5.13. The third-order valence-electron chi connectivity index (χ3n) is 3.40. The van der Waals surface area contributed by atoms with E-state index in [0.717, 1.165) is 10.6 Å². The van der Waals surface area contributed by atoms with Gasteiger partial charge in [0.1, 0.15) is 0 Å². The van der Waals surface area contributed by atoms with Crippen molar-refractivity contribution in [3.05, 3.63) is 94.5 Å². The highest BCUT2D eigenvalue weighted by molar-refractivity contribution is 7.88. The number of halogens is 2. The number of hydrogen-bond donors (Lipinski definition) is 0. The molecule has 114 valence electrons. The Hall–Kier alpha value is -1.66. The summed E-state index contributed by atoms with van der Waals surface area (Å²) in [7, 11) is -1.15. The SMILES string of the molecule is O=C(c1ccc(Cl)c(Cl)c1)P(c1ccccc1)c1ccccc1. The molecule has 3 rings (SSSR count). The molecule has 0 unspecified atom stereocenters. The first-order valence-corrected chi connectivity index (χ1v) is 9.16. The maximum Gasteiger partial charge on any atom is 0.193 e. The van der Waals surface area contributed by atoms with E-state index in [0.29, 0.717) is 15.6 Å². The number of carbonyl (C=O) groups is 1. The van der Waals surface area contributed by atoms with Crippen LogP contribution in [0.4, 0.5) is 0 Å². The van der Waals surface area contributed by atoms with Gasteiger partial charge in [-0.25, -0.2) is 0 Å². The number of carbonyl (C=O) groups excluding carboxylic acids is 1. The molecule has 0 N–H and O–H groups in total. The minimum Gasteiger partial charge on any atom is -0.288 e. The first kappa shape index (κ1) is 16.2. The zero-order chi connectivity index (χ0) is 16.2. The van der Waals surface area contributed by atoms with E-state index in [1.54, 1.807) is 18.2 Å². The first-order valence-electron chi connectivity index (χ1n) is 7.06. The van der Waals surface area contributed by atoms with Crippen molar-refractivity contribution in [2.45, 2.75) is 0 Å². The van der Waals surface area contributed by atoms with Gasteiger partial charge in [-0.2, -0.15) is 0 Å². The van der Waals surface area contributed by atoms with Gasteiger partial charge in [0, 0.05) is 13.5 Å². The highest BCUT2D eigenvalue weighted by atomic mass is 35.5. The van der Waals surface area contributed by atoms with E-state index in [2.05, 4.69) is 0 Å². The van der Waals surface area contributed by atoms with Crippen LogP contribution >= 0.6 is 31.1 Å². The standard InChI is InChI=1S/C19H13Cl2OP/c20-17-12-11-14(13-18(17)21)19(22)23(15-7-3-1-4-8-15)16-9-5-2-6-10-16/h1-13H. The second-order valence-electron chi connectivity index (χ2n) is 4.94. The van der Waals surface area contributed by atoms with Gasteiger partial charge in [0.2, 0.25) is 0 Å². The van der Waals surface area contributed by atoms with E-state index < -0.39 is 7.92 Å². The lowest BCUT2D eigenvalue weighted by atomic mass is 10.2. The average molecular weight is 359 g/mol. The fourth-order valence-corrected chi connectivity index (χ4v) is 4.70. The Bertz CT molecular complexity index is 780. The Morgan fingerprint density at radius 3 is 1.70 bits per heavy atom. The van der Waals surface area contributed by atoms with Gasteiger partial charge in [-0.3, -0.25) is 4.79 Å². The minimum absolute atomic E-state index is 0.0657. The van der Waals surface area contributed by atoms with Gasteiger partial charge in [-0.1, -0.05) is 83.9 Å². The molecule has 0 spiro atoms. The summed E-state index contributed by atoms with van der Waals surface area (Å²) >= 11 is 12.0. The molecule has 0 aliphatic heterocycles. The second-order valence-corrected chi connectivity index (χ2v) is 7.86. The molecule has 23 heavy (non-hydrogen) atoms. The van der Waals surface area contributed by atoms with Crippen LogP contribution in [0.15, 0.2) is 78.9 Å². The van der Waals surface area contributed by atoms with Crippen LogP contribution in [0, 0.1) is 0 Å². The Morgan fingerprint density at radius 1 is 0.696 bits per heavy atom. The molecule has 0 bridgehead atoms. The lowest BCUT2D eigenvalue weighted by Gasteiger charge is -2.17. The Balaban J connectivity index is 2.08. The third-order valence-corrected chi connectivity index (χ3v) is 6.43. The minimum atomic E-state index is -1.15. The van der Waals surface area contributed by atoms with Crippen LogP contribution in [0.3, 0.4) is 0 Å². The second kappa shape index (κ2) is 7.27. The molecule has 4 heteroatoms. The summed E-state index contributed by atoms with van der Waals surface area (Å²) in [5.74, 6) is 0. The molecular formula is C19H13Cl2OP. The van der Waals surface area contributed by atoms with Crippen molar-refractivity contribution in [2.24, 2.45) is 0 Å². The van der Waals surface area contributed by atoms with Gasteiger partial charge in [-0.15, -0.1) is 0 Å². The molecule has 1 nitrogen and oxygen atoms in total. The van der Waals surface area contributed by atoms with E-state index in [9.17, 15) is 4.79 Å². The molecule has 0 saturated heterocycles. The molecule has 0 heterocycles. The van der Waals surface area contributed by atoms with Gasteiger partial charge in [-0.05, 0) is 28.8 Å². The van der Waals surface area contributed by atoms with Crippen LogP contribution in [-0.4, -0.2) is 5.52 Å². The van der Waals surface area contributed by atoms with Crippen LogP contribution in [0.5, 0.6) is 0 Å². The average Bonchev–Trinajstić information content (AvgIpc) is 2.59. The lowest BCUT2D eigenvalue weighted by molar-refractivity contribution is 0.108. The summed E-state index contributed by atoms with van der Waals surface area (Å²) in [6.07, 6.45) is 0. The van der Waals surface area contributed by atoms with Crippen LogP contribution in [-0.2, 0) is 0 Å². The summed E-state index contributed by atoms with van der Waals surface area (Å²) in [5, 5.41) is 2.88.